The summed E-state index contributed by atoms with van der Waals surface area (Å²) < 4.78 is 3.62. The fourth-order valence-corrected chi connectivity index (χ4v) is 2.39. The molecule has 0 saturated carbocycles. The number of carbonyl (C=O) groups excluding carboxylic acids is 1. The SMILES string of the molecule is C[C@H](NC(=O)Nc1ccc(Cn2cccn2)cc1)c1nncn1C. The van der Waals surface area contributed by atoms with E-state index in [4.69, 9.17) is 0 Å². The maximum Gasteiger partial charge on any atom is 0.319 e. The molecule has 0 aliphatic carbocycles. The van der Waals surface area contributed by atoms with Gasteiger partial charge in [0.15, 0.2) is 5.82 Å². The van der Waals surface area contributed by atoms with E-state index in [2.05, 4.69) is 25.9 Å². The minimum Gasteiger partial charge on any atom is -0.328 e. The number of benzene rings is 1. The van der Waals surface area contributed by atoms with E-state index >= 15 is 0 Å². The third-order valence-electron chi connectivity index (χ3n) is 3.60. The molecule has 0 unspecified atom stereocenters. The fourth-order valence-electron chi connectivity index (χ4n) is 2.39. The normalized spacial score (nSPS) is 11.9. The van der Waals surface area contributed by atoms with Crippen molar-refractivity contribution in [3.05, 3.63) is 60.4 Å². The van der Waals surface area contributed by atoms with Gasteiger partial charge in [-0.25, -0.2) is 4.79 Å². The number of rotatable bonds is 5. The first-order valence-corrected chi connectivity index (χ1v) is 7.59. The van der Waals surface area contributed by atoms with Crippen molar-refractivity contribution in [2.75, 3.05) is 5.32 Å². The lowest BCUT2D eigenvalue weighted by Crippen LogP contribution is -2.32. The molecular weight excluding hydrogens is 306 g/mol. The Kier molecular flexibility index (Phi) is 4.55. The van der Waals surface area contributed by atoms with Gasteiger partial charge in [-0.2, -0.15) is 5.10 Å². The number of anilines is 1. The number of amides is 2. The second-order valence-corrected chi connectivity index (χ2v) is 5.52. The molecule has 0 spiro atoms. The molecule has 124 valence electrons. The van der Waals surface area contributed by atoms with Crippen LogP contribution in [-0.4, -0.2) is 30.6 Å². The summed E-state index contributed by atoms with van der Waals surface area (Å²) in [5.41, 5.74) is 1.83. The van der Waals surface area contributed by atoms with Crippen LogP contribution in [-0.2, 0) is 13.6 Å². The van der Waals surface area contributed by atoms with Crippen molar-refractivity contribution in [3.63, 3.8) is 0 Å². The zero-order valence-corrected chi connectivity index (χ0v) is 13.5. The van der Waals surface area contributed by atoms with Crippen LogP contribution in [0.5, 0.6) is 0 Å². The van der Waals surface area contributed by atoms with Gasteiger partial charge >= 0.3 is 6.03 Å². The Morgan fingerprint density at radius 3 is 2.71 bits per heavy atom. The highest BCUT2D eigenvalue weighted by atomic mass is 16.2. The molecule has 8 heteroatoms. The third kappa shape index (κ3) is 3.78. The lowest BCUT2D eigenvalue weighted by atomic mass is 10.2. The molecule has 0 bridgehead atoms. The molecule has 0 radical (unpaired) electrons. The fraction of sp³-hybridized carbons (Fsp3) is 0.250. The van der Waals surface area contributed by atoms with Gasteiger partial charge in [0.25, 0.3) is 0 Å². The standard InChI is InChI=1S/C16H19N7O/c1-12(15-21-17-11-22(15)2)19-16(24)20-14-6-4-13(5-7-14)10-23-9-3-8-18-23/h3-9,11-12H,10H2,1-2H3,(H2,19,20,24)/t12-/m0/s1. The summed E-state index contributed by atoms with van der Waals surface area (Å²) in [4.78, 5) is 12.1. The monoisotopic (exact) mass is 325 g/mol. The predicted octanol–water partition coefficient (Wildman–Crippen LogP) is 1.94. The van der Waals surface area contributed by atoms with E-state index in [1.54, 1.807) is 17.1 Å². The molecule has 0 aliphatic heterocycles. The Hall–Kier alpha value is -3.16. The Bertz CT molecular complexity index is 792. The van der Waals surface area contributed by atoms with Crippen molar-refractivity contribution in [1.82, 2.24) is 29.9 Å². The van der Waals surface area contributed by atoms with Gasteiger partial charge in [0.1, 0.15) is 6.33 Å². The number of carbonyl (C=O) groups is 1. The molecule has 2 heterocycles. The van der Waals surface area contributed by atoms with Gasteiger partial charge in [-0.3, -0.25) is 4.68 Å². The number of nitrogens with one attached hydrogen (secondary N) is 2. The summed E-state index contributed by atoms with van der Waals surface area (Å²) in [7, 11) is 1.84. The van der Waals surface area contributed by atoms with Crippen molar-refractivity contribution in [2.45, 2.75) is 19.5 Å². The van der Waals surface area contributed by atoms with Crippen LogP contribution in [0.15, 0.2) is 49.1 Å². The molecule has 1 atom stereocenters. The zero-order chi connectivity index (χ0) is 16.9. The average molecular weight is 325 g/mol. The molecule has 0 aliphatic rings. The number of hydrogen-bond acceptors (Lipinski definition) is 4. The second-order valence-electron chi connectivity index (χ2n) is 5.52. The van der Waals surface area contributed by atoms with E-state index in [1.807, 2.05) is 55.2 Å². The van der Waals surface area contributed by atoms with Crippen LogP contribution < -0.4 is 10.6 Å². The van der Waals surface area contributed by atoms with Gasteiger partial charge in [0, 0.05) is 25.1 Å². The van der Waals surface area contributed by atoms with Gasteiger partial charge in [-0.15, -0.1) is 10.2 Å². The molecule has 3 aromatic rings. The van der Waals surface area contributed by atoms with Crippen LogP contribution in [0.1, 0.15) is 24.4 Å². The average Bonchev–Trinajstić information content (AvgIpc) is 3.20. The van der Waals surface area contributed by atoms with E-state index in [9.17, 15) is 4.79 Å². The van der Waals surface area contributed by atoms with Crippen LogP contribution >= 0.6 is 0 Å². The molecule has 2 aromatic heterocycles. The number of hydrogen-bond donors (Lipinski definition) is 2. The van der Waals surface area contributed by atoms with E-state index in [-0.39, 0.29) is 12.1 Å². The van der Waals surface area contributed by atoms with Crippen LogP contribution in [0.3, 0.4) is 0 Å². The summed E-state index contributed by atoms with van der Waals surface area (Å²) in [6.07, 6.45) is 5.26. The Morgan fingerprint density at radius 2 is 2.08 bits per heavy atom. The molecule has 8 nitrogen and oxygen atoms in total. The molecule has 0 fully saturated rings. The van der Waals surface area contributed by atoms with Crippen molar-refractivity contribution in [2.24, 2.45) is 7.05 Å². The summed E-state index contributed by atoms with van der Waals surface area (Å²) in [5, 5.41) is 17.6. The highest BCUT2D eigenvalue weighted by Gasteiger charge is 2.14. The summed E-state index contributed by atoms with van der Waals surface area (Å²) in [6.45, 7) is 2.56. The van der Waals surface area contributed by atoms with Gasteiger partial charge < -0.3 is 15.2 Å². The predicted molar refractivity (Wildman–Crippen MR) is 89.3 cm³/mol. The van der Waals surface area contributed by atoms with Crippen LogP contribution in [0.25, 0.3) is 0 Å². The highest BCUT2D eigenvalue weighted by molar-refractivity contribution is 5.89. The first-order valence-electron chi connectivity index (χ1n) is 7.59. The smallest absolute Gasteiger partial charge is 0.319 e. The Labute approximate surface area is 139 Å². The molecule has 2 amide bonds. The molecular formula is C16H19N7O. The number of nitrogens with zero attached hydrogens (tertiary/aromatic N) is 5. The first kappa shape index (κ1) is 15.7. The molecule has 2 N–H and O–H groups in total. The van der Waals surface area contributed by atoms with E-state index in [0.717, 1.165) is 11.3 Å². The second kappa shape index (κ2) is 6.95. The van der Waals surface area contributed by atoms with Gasteiger partial charge in [0.2, 0.25) is 0 Å². The van der Waals surface area contributed by atoms with Gasteiger partial charge in [0.05, 0.1) is 12.6 Å². The topological polar surface area (TPSA) is 89.7 Å². The number of urea groups is 1. The lowest BCUT2D eigenvalue weighted by molar-refractivity contribution is 0.248. The molecule has 0 saturated heterocycles. The van der Waals surface area contributed by atoms with Gasteiger partial charge in [-0.05, 0) is 30.7 Å². The minimum absolute atomic E-state index is 0.239. The van der Waals surface area contributed by atoms with Crippen molar-refractivity contribution in [3.8, 4) is 0 Å². The maximum absolute atomic E-state index is 12.1. The summed E-state index contributed by atoms with van der Waals surface area (Å²) >= 11 is 0. The first-order chi connectivity index (χ1) is 11.6. The van der Waals surface area contributed by atoms with Crippen molar-refractivity contribution in [1.29, 1.82) is 0 Å². The van der Waals surface area contributed by atoms with E-state index in [0.29, 0.717) is 12.4 Å². The molecule has 3 rings (SSSR count). The summed E-state index contributed by atoms with van der Waals surface area (Å²) in [5.74, 6) is 0.694. The van der Waals surface area contributed by atoms with Crippen LogP contribution in [0, 0.1) is 0 Å². The number of aryl methyl sites for hydroxylation is 1. The van der Waals surface area contributed by atoms with Crippen LogP contribution in [0.2, 0.25) is 0 Å². The van der Waals surface area contributed by atoms with Gasteiger partial charge in [-0.1, -0.05) is 12.1 Å². The highest BCUT2D eigenvalue weighted by Crippen LogP contribution is 2.12. The Morgan fingerprint density at radius 1 is 1.29 bits per heavy atom. The Balaban J connectivity index is 1.55. The largest absolute Gasteiger partial charge is 0.328 e. The third-order valence-corrected chi connectivity index (χ3v) is 3.60. The molecule has 24 heavy (non-hydrogen) atoms. The van der Waals surface area contributed by atoms with E-state index in [1.165, 1.54) is 0 Å². The summed E-state index contributed by atoms with van der Waals surface area (Å²) in [6, 6.07) is 9.02. The van der Waals surface area contributed by atoms with Crippen molar-refractivity contribution < 1.29 is 4.79 Å². The quantitative estimate of drug-likeness (QED) is 0.750. The zero-order valence-electron chi connectivity index (χ0n) is 13.5. The lowest BCUT2D eigenvalue weighted by Gasteiger charge is -2.14. The number of aromatic nitrogens is 5. The molecule has 1 aromatic carbocycles. The minimum atomic E-state index is -0.287. The van der Waals surface area contributed by atoms with Crippen LogP contribution in [0.4, 0.5) is 10.5 Å². The maximum atomic E-state index is 12.1. The van der Waals surface area contributed by atoms with Crippen molar-refractivity contribution >= 4 is 11.7 Å². The van der Waals surface area contributed by atoms with E-state index < -0.39 is 0 Å².